The van der Waals surface area contributed by atoms with Crippen LogP contribution < -0.4 is 19.7 Å². The van der Waals surface area contributed by atoms with Crippen molar-refractivity contribution in [2.75, 3.05) is 31.0 Å². The quantitative estimate of drug-likeness (QED) is 0.365. The van der Waals surface area contributed by atoms with Crippen molar-refractivity contribution in [1.29, 1.82) is 0 Å². The fraction of sp³-hybridized carbons (Fsp3) is 0.333. The van der Waals surface area contributed by atoms with Gasteiger partial charge in [0.15, 0.2) is 11.6 Å². The third-order valence-electron chi connectivity index (χ3n) is 7.11. The van der Waals surface area contributed by atoms with Crippen molar-refractivity contribution in [2.45, 2.75) is 31.7 Å². The Kier molecular flexibility index (Phi) is 6.26. The van der Waals surface area contributed by atoms with E-state index in [2.05, 4.69) is 25.3 Å². The minimum Gasteiger partial charge on any atom is -0.486 e. The smallest absolute Gasteiger partial charge is 0.240 e. The third-order valence-corrected chi connectivity index (χ3v) is 7.11. The van der Waals surface area contributed by atoms with Gasteiger partial charge in [-0.25, -0.2) is 18.7 Å². The molecule has 0 saturated heterocycles. The monoisotopic (exact) mass is 519 g/mol. The van der Waals surface area contributed by atoms with Gasteiger partial charge in [0.25, 0.3) is 0 Å². The molecule has 6 rings (SSSR count). The molecule has 2 aliphatic rings. The van der Waals surface area contributed by atoms with Gasteiger partial charge in [-0.2, -0.15) is 9.97 Å². The summed E-state index contributed by atoms with van der Waals surface area (Å²) in [5, 5.41) is 3.11. The summed E-state index contributed by atoms with van der Waals surface area (Å²) >= 11 is 0. The predicted molar refractivity (Wildman–Crippen MR) is 137 cm³/mol. The highest BCUT2D eigenvalue weighted by molar-refractivity contribution is 5.60. The lowest BCUT2D eigenvalue weighted by molar-refractivity contribution is 0.264. The topological polar surface area (TPSA) is 90.2 Å². The van der Waals surface area contributed by atoms with Crippen LogP contribution >= 0.6 is 0 Å². The predicted octanol–water partition coefficient (Wildman–Crippen LogP) is 5.00. The number of imidazole rings is 1. The number of methoxy groups -OCH3 is 1. The van der Waals surface area contributed by atoms with E-state index < -0.39 is 17.7 Å². The first-order valence-corrected chi connectivity index (χ1v) is 12.5. The van der Waals surface area contributed by atoms with Crippen LogP contribution in [0.15, 0.2) is 49.1 Å². The van der Waals surface area contributed by atoms with Crippen molar-refractivity contribution in [1.82, 2.24) is 24.5 Å². The normalized spacial score (nSPS) is 16.9. The van der Waals surface area contributed by atoms with Crippen LogP contribution in [0.1, 0.15) is 36.6 Å². The molecule has 1 unspecified atom stereocenters. The van der Waals surface area contributed by atoms with Crippen LogP contribution in [0, 0.1) is 17.6 Å². The third kappa shape index (κ3) is 4.71. The fourth-order valence-corrected chi connectivity index (χ4v) is 4.85. The minimum atomic E-state index is -0.641. The summed E-state index contributed by atoms with van der Waals surface area (Å²) in [6.07, 6.45) is 10.2. The van der Waals surface area contributed by atoms with Gasteiger partial charge in [0, 0.05) is 19.3 Å². The molecule has 1 aromatic carbocycles. The summed E-state index contributed by atoms with van der Waals surface area (Å²) in [4.78, 5) is 19.9. The van der Waals surface area contributed by atoms with Gasteiger partial charge in [-0.15, -0.1) is 0 Å². The Morgan fingerprint density at radius 3 is 2.66 bits per heavy atom. The van der Waals surface area contributed by atoms with E-state index in [0.717, 1.165) is 29.8 Å². The van der Waals surface area contributed by atoms with Crippen molar-refractivity contribution in [3.63, 3.8) is 0 Å². The van der Waals surface area contributed by atoms with Gasteiger partial charge >= 0.3 is 0 Å². The first-order valence-electron chi connectivity index (χ1n) is 12.5. The van der Waals surface area contributed by atoms with E-state index >= 15 is 0 Å². The maximum Gasteiger partial charge on any atom is 0.240 e. The highest BCUT2D eigenvalue weighted by Gasteiger charge is 2.29. The number of hydrogen-bond donors (Lipinski definition) is 1. The number of pyridine rings is 1. The molecule has 9 nitrogen and oxygen atoms in total. The molecule has 1 fully saturated rings. The molecular formula is C27H27F2N7O2. The zero-order chi connectivity index (χ0) is 26.2. The van der Waals surface area contributed by atoms with Crippen LogP contribution in [0.5, 0.6) is 11.6 Å². The van der Waals surface area contributed by atoms with Crippen LogP contribution in [0.2, 0.25) is 0 Å². The Morgan fingerprint density at radius 1 is 1.11 bits per heavy atom. The summed E-state index contributed by atoms with van der Waals surface area (Å²) < 4.78 is 40.9. The highest BCUT2D eigenvalue weighted by atomic mass is 19.1. The van der Waals surface area contributed by atoms with E-state index in [9.17, 15) is 8.78 Å². The fourth-order valence-electron chi connectivity index (χ4n) is 4.85. The summed E-state index contributed by atoms with van der Waals surface area (Å²) in [5.41, 5.74) is 2.29. The number of aromatic nitrogens is 5. The second-order valence-electron chi connectivity index (χ2n) is 9.65. The van der Waals surface area contributed by atoms with Crippen molar-refractivity contribution < 1.29 is 18.3 Å². The van der Waals surface area contributed by atoms with Gasteiger partial charge in [0.05, 0.1) is 31.4 Å². The number of nitrogens with zero attached hydrogens (tertiary/aromatic N) is 6. The average molecular weight is 520 g/mol. The van der Waals surface area contributed by atoms with Gasteiger partial charge in [0.2, 0.25) is 11.8 Å². The lowest BCUT2D eigenvalue weighted by Gasteiger charge is -2.35. The Morgan fingerprint density at radius 2 is 1.92 bits per heavy atom. The summed E-state index contributed by atoms with van der Waals surface area (Å²) in [6, 6.07) is 6.73. The van der Waals surface area contributed by atoms with Gasteiger partial charge < -0.3 is 24.3 Å². The van der Waals surface area contributed by atoms with Crippen LogP contribution in [0.4, 0.5) is 26.4 Å². The minimum absolute atomic E-state index is 0.208. The number of fused-ring (bicyclic) bond motifs is 1. The van der Waals surface area contributed by atoms with Crippen LogP contribution in [0.25, 0.3) is 5.69 Å². The average Bonchev–Trinajstić information content (AvgIpc) is 3.34. The number of anilines is 3. The van der Waals surface area contributed by atoms with E-state index in [-0.39, 0.29) is 12.6 Å². The lowest BCUT2D eigenvalue weighted by Crippen LogP contribution is -2.34. The van der Waals surface area contributed by atoms with Gasteiger partial charge in [-0.05, 0) is 42.2 Å². The summed E-state index contributed by atoms with van der Waals surface area (Å²) in [7, 11) is 3.37. The number of nitrogens with one attached hydrogen (secondary N) is 1. The Bertz CT molecular complexity index is 1450. The maximum absolute atomic E-state index is 13.8. The van der Waals surface area contributed by atoms with E-state index in [1.807, 2.05) is 27.8 Å². The molecule has 4 aromatic rings. The van der Waals surface area contributed by atoms with Crippen molar-refractivity contribution in [3.05, 3.63) is 71.9 Å². The van der Waals surface area contributed by atoms with Crippen molar-refractivity contribution in [2.24, 2.45) is 5.92 Å². The second kappa shape index (κ2) is 9.88. The van der Waals surface area contributed by atoms with E-state index in [4.69, 9.17) is 9.47 Å². The van der Waals surface area contributed by atoms with Gasteiger partial charge in [-0.3, -0.25) is 0 Å². The van der Waals surface area contributed by atoms with E-state index in [1.54, 1.807) is 26.7 Å². The highest BCUT2D eigenvalue weighted by Crippen LogP contribution is 2.37. The zero-order valence-corrected chi connectivity index (χ0v) is 21.1. The Labute approximate surface area is 218 Å². The molecule has 4 heterocycles. The molecular weight excluding hydrogens is 492 g/mol. The number of rotatable bonds is 7. The number of halogens is 2. The first kappa shape index (κ1) is 24.1. The Hall–Kier alpha value is -4.28. The number of hydrogen-bond acceptors (Lipinski definition) is 8. The number of ether oxygens (including phenoxy) is 2. The largest absolute Gasteiger partial charge is 0.486 e. The van der Waals surface area contributed by atoms with E-state index in [1.165, 1.54) is 31.4 Å². The Balaban J connectivity index is 1.21. The molecule has 38 heavy (non-hydrogen) atoms. The van der Waals surface area contributed by atoms with Crippen LogP contribution in [-0.2, 0) is 6.42 Å². The maximum atomic E-state index is 13.8. The van der Waals surface area contributed by atoms with Crippen LogP contribution in [-0.4, -0.2) is 45.3 Å². The molecule has 0 spiro atoms. The molecule has 196 valence electrons. The summed E-state index contributed by atoms with van der Waals surface area (Å²) in [6.45, 7) is 0.208. The number of likely N-dealkylation sites (N-methyl/N-ethyl adjacent to an activating group) is 1. The number of benzene rings is 1. The molecule has 11 heteroatoms. The van der Waals surface area contributed by atoms with E-state index in [0.29, 0.717) is 28.8 Å². The van der Waals surface area contributed by atoms with Crippen LogP contribution in [0.3, 0.4) is 0 Å². The molecule has 3 aromatic heterocycles. The van der Waals surface area contributed by atoms with Gasteiger partial charge in [0.1, 0.15) is 29.7 Å². The van der Waals surface area contributed by atoms with Crippen molar-refractivity contribution >= 4 is 17.6 Å². The molecule has 1 aliphatic carbocycles. The molecule has 0 amide bonds. The molecule has 1 aliphatic heterocycles. The summed E-state index contributed by atoms with van der Waals surface area (Å²) in [5.74, 6) is 1.62. The standard InChI is InChI=1S/C27H27F2N7O2/c1-35-22(17-9-18(28)11-19(29)10-17)14-38-23-12-30-27(34-25(23)35)33-24-7-6-21(26(32-24)37-2)36-13-20(31-15-36)8-16-4-3-5-16/h6-7,9-13,15-16,22H,3-5,8,14H2,1-2H3,(H,30,32,33,34). The molecule has 1 N–H and O–H groups in total. The molecule has 1 atom stereocenters. The lowest BCUT2D eigenvalue weighted by atomic mass is 9.82. The zero-order valence-electron chi connectivity index (χ0n) is 21.1. The first-order chi connectivity index (χ1) is 18.5. The van der Waals surface area contributed by atoms with Crippen molar-refractivity contribution in [3.8, 4) is 17.3 Å². The molecule has 0 bridgehead atoms. The molecule has 0 radical (unpaired) electrons. The van der Waals surface area contributed by atoms with Gasteiger partial charge in [-0.1, -0.05) is 19.3 Å². The second-order valence-corrected chi connectivity index (χ2v) is 9.65. The molecule has 1 saturated carbocycles. The SMILES string of the molecule is COc1nc(Nc2ncc3c(n2)N(C)C(c2cc(F)cc(F)c2)CO3)ccc1-n1cnc(CC2CCC2)c1.